The molecule has 0 aromatic heterocycles. The van der Waals surface area contributed by atoms with Crippen LogP contribution in [0, 0.1) is 0 Å². The van der Waals surface area contributed by atoms with E-state index >= 15 is 0 Å². The normalized spacial score (nSPS) is 16.4. The number of hydrogen-bond acceptors (Lipinski definition) is 5. The molecule has 1 heterocycles. The van der Waals surface area contributed by atoms with E-state index in [4.69, 9.17) is 9.47 Å². The maximum absolute atomic E-state index is 10.2. The SMILES string of the molecule is COc1ccc([C@@H](CN=Cc2cccc(OC)c2O)N2CCCCC2)cc1. The second-order valence-electron chi connectivity index (χ2n) is 6.78. The lowest BCUT2D eigenvalue weighted by atomic mass is 10.0. The van der Waals surface area contributed by atoms with Crippen LogP contribution in [0.5, 0.6) is 17.2 Å². The van der Waals surface area contributed by atoms with Gasteiger partial charge in [-0.1, -0.05) is 24.6 Å². The van der Waals surface area contributed by atoms with E-state index in [0.29, 0.717) is 17.9 Å². The lowest BCUT2D eigenvalue weighted by Crippen LogP contribution is -2.35. The summed E-state index contributed by atoms with van der Waals surface area (Å²) >= 11 is 0. The number of nitrogens with zero attached hydrogens (tertiary/aromatic N) is 2. The monoisotopic (exact) mass is 368 g/mol. The Bertz CT molecular complexity index is 753. The Balaban J connectivity index is 1.78. The van der Waals surface area contributed by atoms with E-state index in [1.54, 1.807) is 26.5 Å². The standard InChI is InChI=1S/C22H28N2O3/c1-26-19-11-9-17(10-12-19)20(24-13-4-3-5-14-24)16-23-15-18-7-6-8-21(27-2)22(18)25/h6-12,15,20,25H,3-5,13-14,16H2,1-2H3/t20-/m1/s1. The fourth-order valence-electron chi connectivity index (χ4n) is 3.55. The van der Waals surface area contributed by atoms with Crippen LogP contribution in [0.15, 0.2) is 47.5 Å². The molecule has 0 aliphatic carbocycles. The molecule has 1 fully saturated rings. The van der Waals surface area contributed by atoms with Crippen LogP contribution in [0.2, 0.25) is 0 Å². The summed E-state index contributed by atoms with van der Waals surface area (Å²) in [4.78, 5) is 7.17. The maximum Gasteiger partial charge on any atom is 0.166 e. The molecule has 0 spiro atoms. The second-order valence-corrected chi connectivity index (χ2v) is 6.78. The molecule has 5 heteroatoms. The first-order valence-electron chi connectivity index (χ1n) is 9.46. The summed E-state index contributed by atoms with van der Waals surface area (Å²) in [5.41, 5.74) is 1.91. The van der Waals surface area contributed by atoms with Gasteiger partial charge in [0.25, 0.3) is 0 Å². The molecule has 0 amide bonds. The number of para-hydroxylation sites is 1. The summed E-state index contributed by atoms with van der Waals surface area (Å²) < 4.78 is 10.5. The molecule has 1 atom stereocenters. The van der Waals surface area contributed by atoms with Gasteiger partial charge in [-0.15, -0.1) is 0 Å². The van der Waals surface area contributed by atoms with E-state index in [1.807, 2.05) is 24.3 Å². The Morgan fingerprint density at radius 3 is 2.44 bits per heavy atom. The Kier molecular flexibility index (Phi) is 6.71. The summed E-state index contributed by atoms with van der Waals surface area (Å²) in [6.07, 6.45) is 5.49. The summed E-state index contributed by atoms with van der Waals surface area (Å²) in [6, 6.07) is 13.9. The zero-order valence-corrected chi connectivity index (χ0v) is 16.1. The van der Waals surface area contributed by atoms with Crippen LogP contribution < -0.4 is 9.47 Å². The Morgan fingerprint density at radius 1 is 1.04 bits per heavy atom. The van der Waals surface area contributed by atoms with Crippen molar-refractivity contribution in [3.63, 3.8) is 0 Å². The number of aliphatic imine (C=N–C) groups is 1. The zero-order chi connectivity index (χ0) is 19.1. The van der Waals surface area contributed by atoms with Gasteiger partial charge >= 0.3 is 0 Å². The number of likely N-dealkylation sites (tertiary alicyclic amines) is 1. The van der Waals surface area contributed by atoms with E-state index in [0.717, 1.165) is 18.8 Å². The quantitative estimate of drug-likeness (QED) is 0.749. The maximum atomic E-state index is 10.2. The number of hydrogen-bond donors (Lipinski definition) is 1. The molecule has 5 nitrogen and oxygen atoms in total. The first kappa shape index (κ1) is 19.2. The summed E-state index contributed by atoms with van der Waals surface area (Å²) in [5, 5.41) is 10.2. The van der Waals surface area contributed by atoms with Gasteiger partial charge in [-0.2, -0.15) is 0 Å². The minimum atomic E-state index is 0.128. The molecular weight excluding hydrogens is 340 g/mol. The number of benzene rings is 2. The lowest BCUT2D eigenvalue weighted by Gasteiger charge is -2.34. The van der Waals surface area contributed by atoms with Crippen molar-refractivity contribution in [2.45, 2.75) is 25.3 Å². The predicted octanol–water partition coefficient (Wildman–Crippen LogP) is 4.06. The van der Waals surface area contributed by atoms with Gasteiger partial charge in [0.15, 0.2) is 11.5 Å². The number of methoxy groups -OCH3 is 2. The number of phenols is 1. The Hall–Kier alpha value is -2.53. The smallest absolute Gasteiger partial charge is 0.166 e. The third kappa shape index (κ3) is 4.80. The molecule has 0 bridgehead atoms. The molecule has 1 saturated heterocycles. The number of aromatic hydroxyl groups is 1. The molecular formula is C22H28N2O3. The van der Waals surface area contributed by atoms with Gasteiger partial charge in [0.2, 0.25) is 0 Å². The van der Waals surface area contributed by atoms with Gasteiger partial charge < -0.3 is 14.6 Å². The van der Waals surface area contributed by atoms with Gasteiger partial charge in [-0.05, 0) is 55.8 Å². The lowest BCUT2D eigenvalue weighted by molar-refractivity contribution is 0.168. The summed E-state index contributed by atoms with van der Waals surface area (Å²) in [7, 11) is 3.23. The van der Waals surface area contributed by atoms with E-state index in [9.17, 15) is 5.11 Å². The highest BCUT2D eigenvalue weighted by Crippen LogP contribution is 2.29. The van der Waals surface area contributed by atoms with Crippen LogP contribution >= 0.6 is 0 Å². The predicted molar refractivity (Wildman–Crippen MR) is 108 cm³/mol. The molecule has 3 rings (SSSR count). The van der Waals surface area contributed by atoms with Gasteiger partial charge in [0, 0.05) is 11.8 Å². The number of phenolic OH excluding ortho intramolecular Hbond substituents is 1. The largest absolute Gasteiger partial charge is 0.504 e. The van der Waals surface area contributed by atoms with Crippen molar-refractivity contribution in [1.29, 1.82) is 0 Å². The van der Waals surface area contributed by atoms with Crippen molar-refractivity contribution in [2.24, 2.45) is 4.99 Å². The first-order chi connectivity index (χ1) is 13.2. The van der Waals surface area contributed by atoms with Gasteiger partial charge in [0.05, 0.1) is 26.8 Å². The zero-order valence-electron chi connectivity index (χ0n) is 16.1. The summed E-state index contributed by atoms with van der Waals surface area (Å²) in [5.74, 6) is 1.45. The third-order valence-electron chi connectivity index (χ3n) is 5.09. The molecule has 1 aliphatic rings. The van der Waals surface area contributed by atoms with Crippen molar-refractivity contribution < 1.29 is 14.6 Å². The average Bonchev–Trinajstić information content (AvgIpc) is 2.73. The number of rotatable bonds is 7. The Labute approximate surface area is 161 Å². The molecule has 0 unspecified atom stereocenters. The van der Waals surface area contributed by atoms with Gasteiger partial charge in [-0.25, -0.2) is 0 Å². The fourth-order valence-corrected chi connectivity index (χ4v) is 3.55. The molecule has 1 aliphatic heterocycles. The van der Waals surface area contributed by atoms with Crippen LogP contribution in [0.3, 0.4) is 0 Å². The number of ether oxygens (including phenoxy) is 2. The molecule has 2 aromatic rings. The molecule has 27 heavy (non-hydrogen) atoms. The summed E-state index contributed by atoms with van der Waals surface area (Å²) in [6.45, 7) is 2.83. The highest BCUT2D eigenvalue weighted by Gasteiger charge is 2.22. The highest BCUT2D eigenvalue weighted by atomic mass is 16.5. The van der Waals surface area contributed by atoms with Crippen LogP contribution in [0.1, 0.15) is 36.4 Å². The van der Waals surface area contributed by atoms with E-state index in [-0.39, 0.29) is 11.8 Å². The van der Waals surface area contributed by atoms with Crippen LogP contribution in [0.25, 0.3) is 0 Å². The van der Waals surface area contributed by atoms with Crippen molar-refractivity contribution in [3.05, 3.63) is 53.6 Å². The second kappa shape index (κ2) is 9.42. The topological polar surface area (TPSA) is 54.3 Å². The van der Waals surface area contributed by atoms with Crippen molar-refractivity contribution in [3.8, 4) is 17.2 Å². The molecule has 0 radical (unpaired) electrons. The first-order valence-corrected chi connectivity index (χ1v) is 9.46. The third-order valence-corrected chi connectivity index (χ3v) is 5.09. The van der Waals surface area contributed by atoms with E-state index in [2.05, 4.69) is 22.0 Å². The number of piperidine rings is 1. The molecule has 144 valence electrons. The fraction of sp³-hybridized carbons (Fsp3) is 0.409. The average molecular weight is 368 g/mol. The van der Waals surface area contributed by atoms with Crippen LogP contribution in [-0.4, -0.2) is 50.1 Å². The highest BCUT2D eigenvalue weighted by molar-refractivity contribution is 5.84. The van der Waals surface area contributed by atoms with E-state index < -0.39 is 0 Å². The minimum absolute atomic E-state index is 0.128. The molecule has 0 saturated carbocycles. The van der Waals surface area contributed by atoms with Gasteiger partial charge in [0.1, 0.15) is 5.75 Å². The van der Waals surface area contributed by atoms with Gasteiger partial charge in [-0.3, -0.25) is 9.89 Å². The Morgan fingerprint density at radius 2 is 1.78 bits per heavy atom. The van der Waals surface area contributed by atoms with Crippen molar-refractivity contribution >= 4 is 6.21 Å². The molecule has 1 N–H and O–H groups in total. The van der Waals surface area contributed by atoms with Crippen LogP contribution in [0.4, 0.5) is 0 Å². The van der Waals surface area contributed by atoms with Crippen molar-refractivity contribution in [2.75, 3.05) is 33.9 Å². The van der Waals surface area contributed by atoms with E-state index in [1.165, 1.54) is 24.8 Å². The molecule has 2 aromatic carbocycles. The minimum Gasteiger partial charge on any atom is -0.504 e. The van der Waals surface area contributed by atoms with Crippen LogP contribution in [-0.2, 0) is 0 Å². The van der Waals surface area contributed by atoms with Crippen molar-refractivity contribution in [1.82, 2.24) is 4.90 Å².